The fourth-order valence-electron chi connectivity index (χ4n) is 2.04. The van der Waals surface area contributed by atoms with Gasteiger partial charge in [0.1, 0.15) is 0 Å². The lowest BCUT2D eigenvalue weighted by Crippen LogP contribution is -2.48. The summed E-state index contributed by atoms with van der Waals surface area (Å²) in [6, 6.07) is 0.599. The molecule has 0 spiro atoms. The van der Waals surface area contributed by atoms with Crippen molar-refractivity contribution in [1.82, 2.24) is 10.6 Å². The SMILES string of the molecule is CSCC(C)NC(=O)[C@@H]1CCCN[C@@H]1C.Cl. The van der Waals surface area contributed by atoms with Gasteiger partial charge in [-0.3, -0.25) is 4.79 Å². The summed E-state index contributed by atoms with van der Waals surface area (Å²) in [4.78, 5) is 11.9. The molecule has 1 aliphatic heterocycles. The average Bonchev–Trinajstić information content (AvgIpc) is 2.18. The van der Waals surface area contributed by atoms with Crippen molar-refractivity contribution in [2.45, 2.75) is 38.8 Å². The normalized spacial score (nSPS) is 26.7. The van der Waals surface area contributed by atoms with Gasteiger partial charge in [0.25, 0.3) is 0 Å². The van der Waals surface area contributed by atoms with E-state index in [4.69, 9.17) is 0 Å². The highest BCUT2D eigenvalue weighted by Crippen LogP contribution is 2.16. The van der Waals surface area contributed by atoms with Gasteiger partial charge in [0.15, 0.2) is 0 Å². The summed E-state index contributed by atoms with van der Waals surface area (Å²) in [6.07, 6.45) is 4.19. The molecule has 0 aromatic heterocycles. The number of rotatable bonds is 4. The van der Waals surface area contributed by atoms with Crippen LogP contribution in [-0.2, 0) is 4.79 Å². The standard InChI is InChI=1S/C11H22N2OS.ClH/c1-8(7-15-3)13-11(14)10-5-4-6-12-9(10)2;/h8-10,12H,4-7H2,1-3H3,(H,13,14);1H/t8?,9-,10-;/m1./s1. The second kappa shape index (κ2) is 8.20. The van der Waals surface area contributed by atoms with Crippen LogP contribution in [-0.4, -0.2) is 36.5 Å². The molecule has 0 aliphatic carbocycles. The molecular formula is C11H23ClN2OS. The van der Waals surface area contributed by atoms with E-state index in [2.05, 4.69) is 30.7 Å². The number of nitrogens with one attached hydrogen (secondary N) is 2. The molecule has 1 heterocycles. The predicted octanol–water partition coefficient (Wildman–Crippen LogP) is 1.66. The second-order valence-corrected chi connectivity index (χ2v) is 5.27. The maximum Gasteiger partial charge on any atom is 0.224 e. The van der Waals surface area contributed by atoms with Crippen molar-refractivity contribution < 1.29 is 4.79 Å². The van der Waals surface area contributed by atoms with Gasteiger partial charge in [0.05, 0.1) is 5.92 Å². The van der Waals surface area contributed by atoms with Crippen LogP contribution in [0.2, 0.25) is 0 Å². The summed E-state index contributed by atoms with van der Waals surface area (Å²) in [7, 11) is 0. The Morgan fingerprint density at radius 2 is 2.31 bits per heavy atom. The number of halogens is 1. The Labute approximate surface area is 109 Å². The monoisotopic (exact) mass is 266 g/mol. The number of thioether (sulfide) groups is 1. The summed E-state index contributed by atoms with van der Waals surface area (Å²) in [5.41, 5.74) is 0. The van der Waals surface area contributed by atoms with Crippen LogP contribution in [0.25, 0.3) is 0 Å². The molecule has 1 amide bonds. The van der Waals surface area contributed by atoms with Gasteiger partial charge in [-0.1, -0.05) is 0 Å². The Balaban J connectivity index is 0.00000225. The first kappa shape index (κ1) is 16.1. The molecule has 5 heteroatoms. The summed E-state index contributed by atoms with van der Waals surface area (Å²) >= 11 is 1.77. The smallest absolute Gasteiger partial charge is 0.224 e. The van der Waals surface area contributed by atoms with Gasteiger partial charge in [-0.2, -0.15) is 11.8 Å². The minimum absolute atomic E-state index is 0. The third-order valence-electron chi connectivity index (χ3n) is 2.90. The Morgan fingerprint density at radius 3 is 2.88 bits per heavy atom. The maximum absolute atomic E-state index is 11.9. The number of carbonyl (C=O) groups is 1. The van der Waals surface area contributed by atoms with Crippen LogP contribution in [0.5, 0.6) is 0 Å². The fourth-order valence-corrected chi connectivity index (χ4v) is 2.63. The van der Waals surface area contributed by atoms with E-state index in [0.29, 0.717) is 6.04 Å². The van der Waals surface area contributed by atoms with Crippen molar-refractivity contribution in [2.24, 2.45) is 5.92 Å². The van der Waals surface area contributed by atoms with Crippen molar-refractivity contribution in [3.63, 3.8) is 0 Å². The summed E-state index contributed by atoms with van der Waals surface area (Å²) in [6.45, 7) is 5.21. The van der Waals surface area contributed by atoms with Crippen molar-refractivity contribution in [2.75, 3.05) is 18.6 Å². The lowest BCUT2D eigenvalue weighted by atomic mass is 9.91. The van der Waals surface area contributed by atoms with E-state index in [1.54, 1.807) is 11.8 Å². The molecule has 16 heavy (non-hydrogen) atoms. The van der Waals surface area contributed by atoms with E-state index < -0.39 is 0 Å². The molecule has 1 rings (SSSR count). The molecule has 1 fully saturated rings. The van der Waals surface area contributed by atoms with Crippen molar-refractivity contribution in [3.05, 3.63) is 0 Å². The highest BCUT2D eigenvalue weighted by molar-refractivity contribution is 7.98. The van der Waals surface area contributed by atoms with Gasteiger partial charge >= 0.3 is 0 Å². The highest BCUT2D eigenvalue weighted by Gasteiger charge is 2.27. The molecular weight excluding hydrogens is 244 g/mol. The molecule has 1 aliphatic rings. The number of piperidine rings is 1. The molecule has 1 saturated heterocycles. The number of hydrogen-bond acceptors (Lipinski definition) is 3. The summed E-state index contributed by atoms with van der Waals surface area (Å²) < 4.78 is 0. The number of carbonyl (C=O) groups excluding carboxylic acids is 1. The van der Waals surface area contributed by atoms with Crippen LogP contribution in [0.4, 0.5) is 0 Å². The van der Waals surface area contributed by atoms with Gasteiger partial charge in [0, 0.05) is 17.8 Å². The Morgan fingerprint density at radius 1 is 1.62 bits per heavy atom. The molecule has 0 aromatic carbocycles. The van der Waals surface area contributed by atoms with Crippen LogP contribution < -0.4 is 10.6 Å². The van der Waals surface area contributed by atoms with Crippen LogP contribution in [0.15, 0.2) is 0 Å². The molecule has 0 aromatic rings. The number of amides is 1. The third-order valence-corrected chi connectivity index (χ3v) is 3.74. The zero-order valence-corrected chi connectivity index (χ0v) is 11.9. The summed E-state index contributed by atoms with van der Waals surface area (Å²) in [5, 5.41) is 6.43. The zero-order chi connectivity index (χ0) is 11.3. The quantitative estimate of drug-likeness (QED) is 0.813. The second-order valence-electron chi connectivity index (χ2n) is 4.36. The lowest BCUT2D eigenvalue weighted by molar-refractivity contribution is -0.127. The van der Waals surface area contributed by atoms with E-state index in [1.807, 2.05) is 0 Å². The van der Waals surface area contributed by atoms with E-state index in [0.717, 1.165) is 25.1 Å². The van der Waals surface area contributed by atoms with Crippen molar-refractivity contribution >= 4 is 30.1 Å². The van der Waals surface area contributed by atoms with E-state index >= 15 is 0 Å². The molecule has 3 nitrogen and oxygen atoms in total. The number of hydrogen-bond donors (Lipinski definition) is 2. The fraction of sp³-hybridized carbons (Fsp3) is 0.909. The minimum atomic E-state index is 0. The van der Waals surface area contributed by atoms with Crippen LogP contribution in [0.3, 0.4) is 0 Å². The molecule has 3 atom stereocenters. The van der Waals surface area contributed by atoms with Gasteiger partial charge in [-0.05, 0) is 39.5 Å². The minimum Gasteiger partial charge on any atom is -0.353 e. The van der Waals surface area contributed by atoms with Gasteiger partial charge in [-0.25, -0.2) is 0 Å². The van der Waals surface area contributed by atoms with Crippen LogP contribution >= 0.6 is 24.2 Å². The maximum atomic E-state index is 11.9. The first-order valence-corrected chi connectivity index (χ1v) is 7.07. The van der Waals surface area contributed by atoms with Crippen LogP contribution in [0.1, 0.15) is 26.7 Å². The third kappa shape index (κ3) is 4.93. The first-order valence-electron chi connectivity index (χ1n) is 5.68. The molecule has 96 valence electrons. The van der Waals surface area contributed by atoms with Crippen molar-refractivity contribution in [1.29, 1.82) is 0 Å². The van der Waals surface area contributed by atoms with E-state index in [-0.39, 0.29) is 30.3 Å². The average molecular weight is 267 g/mol. The molecule has 0 bridgehead atoms. The highest BCUT2D eigenvalue weighted by atomic mass is 35.5. The first-order chi connectivity index (χ1) is 7.15. The Hall–Kier alpha value is 0.0700. The lowest BCUT2D eigenvalue weighted by Gasteiger charge is -2.29. The predicted molar refractivity (Wildman–Crippen MR) is 73.4 cm³/mol. The Bertz CT molecular complexity index is 216. The van der Waals surface area contributed by atoms with Crippen LogP contribution in [0, 0.1) is 5.92 Å². The Kier molecular flexibility index (Phi) is 8.24. The topological polar surface area (TPSA) is 41.1 Å². The van der Waals surface area contributed by atoms with Crippen molar-refractivity contribution in [3.8, 4) is 0 Å². The van der Waals surface area contributed by atoms with E-state index in [1.165, 1.54) is 0 Å². The zero-order valence-electron chi connectivity index (χ0n) is 10.3. The largest absolute Gasteiger partial charge is 0.353 e. The van der Waals surface area contributed by atoms with Gasteiger partial charge < -0.3 is 10.6 Å². The molecule has 1 unspecified atom stereocenters. The molecule has 0 radical (unpaired) electrons. The summed E-state index contributed by atoms with van der Waals surface area (Å²) in [5.74, 6) is 1.36. The van der Waals surface area contributed by atoms with E-state index in [9.17, 15) is 4.79 Å². The molecule has 2 N–H and O–H groups in total. The molecule has 0 saturated carbocycles. The van der Waals surface area contributed by atoms with Gasteiger partial charge in [-0.15, -0.1) is 12.4 Å². The van der Waals surface area contributed by atoms with Gasteiger partial charge in [0.2, 0.25) is 5.91 Å².